The Labute approximate surface area is 165 Å². The van der Waals surface area contributed by atoms with Crippen molar-refractivity contribution in [1.29, 1.82) is 0 Å². The molecular formula is C20H14ClFN4S. The van der Waals surface area contributed by atoms with Crippen molar-refractivity contribution in [2.24, 2.45) is 0 Å². The van der Waals surface area contributed by atoms with Gasteiger partial charge >= 0.3 is 0 Å². The van der Waals surface area contributed by atoms with Gasteiger partial charge in [-0.2, -0.15) is 0 Å². The Morgan fingerprint density at radius 3 is 2.52 bits per heavy atom. The first-order chi connectivity index (χ1) is 13.2. The highest BCUT2D eigenvalue weighted by atomic mass is 35.5. The van der Waals surface area contributed by atoms with Gasteiger partial charge in [0.2, 0.25) is 0 Å². The summed E-state index contributed by atoms with van der Waals surface area (Å²) >= 11 is 7.43. The van der Waals surface area contributed by atoms with Gasteiger partial charge in [-0.1, -0.05) is 47.6 Å². The van der Waals surface area contributed by atoms with Crippen LogP contribution in [0.1, 0.15) is 5.56 Å². The lowest BCUT2D eigenvalue weighted by atomic mass is 10.2. The number of benzene rings is 2. The molecule has 2 aromatic heterocycles. The minimum Gasteiger partial charge on any atom is -0.267 e. The Kier molecular flexibility index (Phi) is 5.18. The number of para-hydroxylation sites is 1. The molecule has 4 nitrogen and oxygen atoms in total. The summed E-state index contributed by atoms with van der Waals surface area (Å²) in [5, 5.41) is 9.89. The second-order valence-corrected chi connectivity index (χ2v) is 7.13. The van der Waals surface area contributed by atoms with E-state index in [1.807, 2.05) is 36.4 Å². The fourth-order valence-corrected chi connectivity index (χ4v) is 3.65. The molecule has 27 heavy (non-hydrogen) atoms. The zero-order valence-corrected chi connectivity index (χ0v) is 15.7. The van der Waals surface area contributed by atoms with Crippen molar-refractivity contribution < 1.29 is 4.39 Å². The summed E-state index contributed by atoms with van der Waals surface area (Å²) in [7, 11) is 0. The number of hydrogen-bond acceptors (Lipinski definition) is 4. The third-order valence-electron chi connectivity index (χ3n) is 3.93. The van der Waals surface area contributed by atoms with E-state index in [0.29, 0.717) is 27.4 Å². The van der Waals surface area contributed by atoms with Crippen LogP contribution in [-0.2, 0) is 5.75 Å². The van der Waals surface area contributed by atoms with Gasteiger partial charge in [-0.15, -0.1) is 10.2 Å². The van der Waals surface area contributed by atoms with Crippen molar-refractivity contribution in [2.75, 3.05) is 0 Å². The van der Waals surface area contributed by atoms with Crippen LogP contribution < -0.4 is 0 Å². The van der Waals surface area contributed by atoms with Crippen LogP contribution in [0.4, 0.5) is 4.39 Å². The van der Waals surface area contributed by atoms with E-state index >= 15 is 0 Å². The molecule has 0 spiro atoms. The predicted octanol–water partition coefficient (Wildman–Crippen LogP) is 5.41. The van der Waals surface area contributed by atoms with Gasteiger partial charge < -0.3 is 0 Å². The number of hydrogen-bond donors (Lipinski definition) is 0. The molecule has 0 bridgehead atoms. The highest BCUT2D eigenvalue weighted by Crippen LogP contribution is 2.30. The second kappa shape index (κ2) is 7.90. The molecule has 0 saturated heterocycles. The lowest BCUT2D eigenvalue weighted by Gasteiger charge is -2.11. The third-order valence-corrected chi connectivity index (χ3v) is 5.18. The highest BCUT2D eigenvalue weighted by molar-refractivity contribution is 7.98. The van der Waals surface area contributed by atoms with Crippen molar-refractivity contribution >= 4 is 23.4 Å². The van der Waals surface area contributed by atoms with Gasteiger partial charge in [0.15, 0.2) is 11.0 Å². The standard InChI is InChI=1S/C20H14ClFN4S/c21-16-9-7-14(8-10-16)13-27-20-25-24-19(15-4-3-11-23-12-15)26(20)18-6-2-1-5-17(18)22/h1-12H,13H2. The minimum absolute atomic E-state index is 0.337. The molecule has 0 N–H and O–H groups in total. The van der Waals surface area contributed by atoms with Crippen LogP contribution in [0.3, 0.4) is 0 Å². The van der Waals surface area contributed by atoms with E-state index in [1.165, 1.54) is 17.8 Å². The zero-order chi connectivity index (χ0) is 18.6. The molecule has 7 heteroatoms. The minimum atomic E-state index is -0.337. The average molecular weight is 397 g/mol. The topological polar surface area (TPSA) is 43.6 Å². The number of aromatic nitrogens is 4. The molecule has 2 heterocycles. The van der Waals surface area contributed by atoms with E-state index in [2.05, 4.69) is 15.2 Å². The summed E-state index contributed by atoms with van der Waals surface area (Å²) in [6.45, 7) is 0. The van der Waals surface area contributed by atoms with Gasteiger partial charge in [-0.3, -0.25) is 9.55 Å². The van der Waals surface area contributed by atoms with Crippen molar-refractivity contribution in [1.82, 2.24) is 19.7 Å². The monoisotopic (exact) mass is 396 g/mol. The Morgan fingerprint density at radius 1 is 0.963 bits per heavy atom. The largest absolute Gasteiger partial charge is 0.267 e. The van der Waals surface area contributed by atoms with Gasteiger partial charge in [0, 0.05) is 28.7 Å². The van der Waals surface area contributed by atoms with E-state index in [0.717, 1.165) is 11.1 Å². The molecule has 4 aromatic rings. The highest BCUT2D eigenvalue weighted by Gasteiger charge is 2.18. The number of pyridine rings is 1. The van der Waals surface area contributed by atoms with Gasteiger partial charge in [0.1, 0.15) is 5.82 Å². The molecule has 0 aliphatic rings. The Balaban J connectivity index is 1.74. The van der Waals surface area contributed by atoms with E-state index < -0.39 is 0 Å². The number of nitrogens with zero attached hydrogens (tertiary/aromatic N) is 4. The van der Waals surface area contributed by atoms with Crippen LogP contribution in [0.2, 0.25) is 5.02 Å². The second-order valence-electron chi connectivity index (χ2n) is 5.75. The van der Waals surface area contributed by atoms with Crippen LogP contribution >= 0.6 is 23.4 Å². The van der Waals surface area contributed by atoms with Gasteiger partial charge in [0.05, 0.1) is 5.69 Å². The Hall–Kier alpha value is -2.70. The molecule has 134 valence electrons. The van der Waals surface area contributed by atoms with Crippen molar-refractivity contribution in [2.45, 2.75) is 10.9 Å². The van der Waals surface area contributed by atoms with Crippen molar-refractivity contribution in [3.63, 3.8) is 0 Å². The summed E-state index contributed by atoms with van der Waals surface area (Å²) in [6.07, 6.45) is 3.37. The van der Waals surface area contributed by atoms with Gasteiger partial charge in [-0.05, 0) is 42.0 Å². The number of thioether (sulfide) groups is 1. The molecule has 4 rings (SSSR count). The van der Waals surface area contributed by atoms with Gasteiger partial charge in [-0.25, -0.2) is 4.39 Å². The maximum absolute atomic E-state index is 14.5. The molecular weight excluding hydrogens is 383 g/mol. The third kappa shape index (κ3) is 3.86. The molecule has 0 unspecified atom stereocenters. The first-order valence-electron chi connectivity index (χ1n) is 8.20. The van der Waals surface area contributed by atoms with E-state index in [1.54, 1.807) is 35.2 Å². The van der Waals surface area contributed by atoms with Crippen LogP contribution in [0.5, 0.6) is 0 Å². The summed E-state index contributed by atoms with van der Waals surface area (Å²) in [6, 6.07) is 17.9. The van der Waals surface area contributed by atoms with E-state index in [9.17, 15) is 4.39 Å². The normalized spacial score (nSPS) is 10.9. The van der Waals surface area contributed by atoms with Crippen LogP contribution in [0.25, 0.3) is 17.1 Å². The van der Waals surface area contributed by atoms with Crippen LogP contribution in [0, 0.1) is 5.82 Å². The van der Waals surface area contributed by atoms with Crippen molar-refractivity contribution in [3.8, 4) is 17.1 Å². The lowest BCUT2D eigenvalue weighted by Crippen LogP contribution is -2.02. The number of rotatable bonds is 5. The summed E-state index contributed by atoms with van der Waals surface area (Å²) < 4.78 is 16.2. The Morgan fingerprint density at radius 2 is 1.78 bits per heavy atom. The average Bonchev–Trinajstić information content (AvgIpc) is 3.12. The summed E-state index contributed by atoms with van der Waals surface area (Å²) in [5.74, 6) is 0.874. The molecule has 0 amide bonds. The van der Waals surface area contributed by atoms with Crippen molar-refractivity contribution in [3.05, 3.63) is 89.5 Å². The fraction of sp³-hybridized carbons (Fsp3) is 0.0500. The maximum Gasteiger partial charge on any atom is 0.196 e. The summed E-state index contributed by atoms with van der Waals surface area (Å²) in [4.78, 5) is 4.14. The quantitative estimate of drug-likeness (QED) is 0.423. The molecule has 2 aromatic carbocycles. The molecule has 0 saturated carbocycles. The van der Waals surface area contributed by atoms with E-state index in [-0.39, 0.29) is 5.82 Å². The zero-order valence-electron chi connectivity index (χ0n) is 14.1. The first-order valence-corrected chi connectivity index (χ1v) is 9.57. The molecule has 0 radical (unpaired) electrons. The molecule has 0 fully saturated rings. The summed E-state index contributed by atoms with van der Waals surface area (Å²) in [5.41, 5.74) is 2.27. The SMILES string of the molecule is Fc1ccccc1-n1c(SCc2ccc(Cl)cc2)nnc1-c1cccnc1. The smallest absolute Gasteiger partial charge is 0.196 e. The Bertz CT molecular complexity index is 1050. The molecule has 0 aliphatic carbocycles. The van der Waals surface area contributed by atoms with Crippen LogP contribution in [0.15, 0.2) is 78.2 Å². The van der Waals surface area contributed by atoms with E-state index in [4.69, 9.17) is 11.6 Å². The molecule has 0 atom stereocenters. The fourth-order valence-electron chi connectivity index (χ4n) is 2.62. The first kappa shape index (κ1) is 17.7. The molecule has 0 aliphatic heterocycles. The van der Waals surface area contributed by atoms with Crippen LogP contribution in [-0.4, -0.2) is 19.7 Å². The number of halogens is 2. The van der Waals surface area contributed by atoms with Gasteiger partial charge in [0.25, 0.3) is 0 Å². The lowest BCUT2D eigenvalue weighted by molar-refractivity contribution is 0.613. The maximum atomic E-state index is 14.5. The predicted molar refractivity (Wildman–Crippen MR) is 106 cm³/mol.